The molecular formula is C14H19N3O4. The number of benzene rings is 1. The summed E-state index contributed by atoms with van der Waals surface area (Å²) < 4.78 is 5.35. The van der Waals surface area contributed by atoms with E-state index in [2.05, 4.69) is 10.6 Å². The smallest absolute Gasteiger partial charge is 0.293 e. The van der Waals surface area contributed by atoms with Gasteiger partial charge < -0.3 is 15.4 Å². The van der Waals surface area contributed by atoms with E-state index in [-0.39, 0.29) is 23.2 Å². The van der Waals surface area contributed by atoms with Crippen molar-refractivity contribution < 1.29 is 14.5 Å². The first-order valence-corrected chi connectivity index (χ1v) is 7.02. The highest BCUT2D eigenvalue weighted by atomic mass is 16.6. The molecule has 21 heavy (non-hydrogen) atoms. The number of carbonyl (C=O) groups excluding carboxylic acids is 1. The van der Waals surface area contributed by atoms with E-state index in [0.29, 0.717) is 18.8 Å². The molecule has 7 nitrogen and oxygen atoms in total. The van der Waals surface area contributed by atoms with Gasteiger partial charge in [-0.1, -0.05) is 0 Å². The Hall–Kier alpha value is -2.15. The maximum atomic E-state index is 11.7. The molecule has 1 saturated heterocycles. The number of nitrogens with zero attached hydrogens (tertiary/aromatic N) is 1. The van der Waals surface area contributed by atoms with Crippen molar-refractivity contribution in [1.29, 1.82) is 0 Å². The van der Waals surface area contributed by atoms with Crippen LogP contribution in [0.15, 0.2) is 18.2 Å². The number of amides is 1. The van der Waals surface area contributed by atoms with Gasteiger partial charge in [0, 0.05) is 30.8 Å². The SMILES string of the molecule is CCNC(=O)c1ccc(NC2CCCOC2)c([N+](=O)[O-])c1. The van der Waals surface area contributed by atoms with Gasteiger partial charge in [0.15, 0.2) is 0 Å². The molecule has 0 spiro atoms. The van der Waals surface area contributed by atoms with Crippen LogP contribution in [-0.2, 0) is 4.74 Å². The Morgan fingerprint density at radius 2 is 2.33 bits per heavy atom. The van der Waals surface area contributed by atoms with Crippen molar-refractivity contribution in [2.45, 2.75) is 25.8 Å². The molecule has 0 aromatic heterocycles. The lowest BCUT2D eigenvalue weighted by atomic mass is 10.1. The number of nitro groups is 1. The van der Waals surface area contributed by atoms with E-state index in [1.165, 1.54) is 6.07 Å². The molecule has 1 atom stereocenters. The minimum Gasteiger partial charge on any atom is -0.379 e. The number of rotatable bonds is 5. The van der Waals surface area contributed by atoms with Crippen LogP contribution in [0, 0.1) is 10.1 Å². The summed E-state index contributed by atoms with van der Waals surface area (Å²) in [7, 11) is 0. The fraction of sp³-hybridized carbons (Fsp3) is 0.500. The van der Waals surface area contributed by atoms with Gasteiger partial charge in [-0.3, -0.25) is 14.9 Å². The molecule has 0 aliphatic carbocycles. The summed E-state index contributed by atoms with van der Waals surface area (Å²) in [5.74, 6) is -0.312. The van der Waals surface area contributed by atoms with E-state index >= 15 is 0 Å². The van der Waals surface area contributed by atoms with Crippen LogP contribution < -0.4 is 10.6 Å². The van der Waals surface area contributed by atoms with E-state index in [0.717, 1.165) is 19.4 Å². The fourth-order valence-corrected chi connectivity index (χ4v) is 2.28. The number of nitro benzene ring substituents is 1. The Balaban J connectivity index is 2.20. The Labute approximate surface area is 122 Å². The molecule has 1 aliphatic rings. The van der Waals surface area contributed by atoms with E-state index in [1.807, 2.05) is 0 Å². The molecule has 1 heterocycles. The standard InChI is InChI=1S/C14H19N3O4/c1-2-15-14(18)10-5-6-12(13(8-10)17(19)20)16-11-4-3-7-21-9-11/h5-6,8,11,16H,2-4,7,9H2,1H3,(H,15,18). The molecule has 7 heteroatoms. The van der Waals surface area contributed by atoms with Gasteiger partial charge in [0.25, 0.3) is 11.6 Å². The number of carbonyl (C=O) groups is 1. The van der Waals surface area contributed by atoms with Gasteiger partial charge >= 0.3 is 0 Å². The summed E-state index contributed by atoms with van der Waals surface area (Å²) in [4.78, 5) is 22.5. The topological polar surface area (TPSA) is 93.5 Å². The van der Waals surface area contributed by atoms with E-state index in [9.17, 15) is 14.9 Å². The van der Waals surface area contributed by atoms with Gasteiger partial charge in [0.1, 0.15) is 5.69 Å². The molecule has 0 bridgehead atoms. The van der Waals surface area contributed by atoms with Crippen LogP contribution in [0.1, 0.15) is 30.1 Å². The zero-order valence-corrected chi connectivity index (χ0v) is 11.9. The third-order valence-corrected chi connectivity index (χ3v) is 3.31. The van der Waals surface area contributed by atoms with Crippen LogP contribution >= 0.6 is 0 Å². The quantitative estimate of drug-likeness (QED) is 0.639. The lowest BCUT2D eigenvalue weighted by Gasteiger charge is -2.24. The van der Waals surface area contributed by atoms with Crippen molar-refractivity contribution in [2.75, 3.05) is 25.1 Å². The van der Waals surface area contributed by atoms with Gasteiger partial charge in [-0.2, -0.15) is 0 Å². The average molecular weight is 293 g/mol. The van der Waals surface area contributed by atoms with Crippen molar-refractivity contribution in [1.82, 2.24) is 5.32 Å². The highest BCUT2D eigenvalue weighted by molar-refractivity contribution is 5.95. The fourth-order valence-electron chi connectivity index (χ4n) is 2.28. The van der Waals surface area contributed by atoms with Crippen molar-refractivity contribution in [3.8, 4) is 0 Å². The number of anilines is 1. The summed E-state index contributed by atoms with van der Waals surface area (Å²) >= 11 is 0. The molecule has 1 fully saturated rings. The predicted molar refractivity (Wildman–Crippen MR) is 78.6 cm³/mol. The molecule has 0 saturated carbocycles. The van der Waals surface area contributed by atoms with Crippen molar-refractivity contribution in [2.24, 2.45) is 0 Å². The van der Waals surface area contributed by atoms with Gasteiger partial charge in [-0.05, 0) is 31.9 Å². The van der Waals surface area contributed by atoms with Crippen LogP contribution in [0.2, 0.25) is 0 Å². The first-order chi connectivity index (χ1) is 10.1. The molecule has 1 amide bonds. The predicted octanol–water partition coefficient (Wildman–Crippen LogP) is 1.94. The summed E-state index contributed by atoms with van der Waals surface area (Å²) in [5.41, 5.74) is 0.613. The monoisotopic (exact) mass is 293 g/mol. The minimum atomic E-state index is -0.477. The summed E-state index contributed by atoms with van der Waals surface area (Å²) in [5, 5.41) is 17.0. The maximum absolute atomic E-state index is 11.7. The third-order valence-electron chi connectivity index (χ3n) is 3.31. The summed E-state index contributed by atoms with van der Waals surface area (Å²) in [6.45, 7) is 3.54. The van der Waals surface area contributed by atoms with Crippen LogP contribution in [0.25, 0.3) is 0 Å². The number of ether oxygens (including phenoxy) is 1. The first-order valence-electron chi connectivity index (χ1n) is 7.02. The van der Waals surface area contributed by atoms with E-state index in [4.69, 9.17) is 4.74 Å². The van der Waals surface area contributed by atoms with Crippen LogP contribution in [0.5, 0.6) is 0 Å². The van der Waals surface area contributed by atoms with Crippen LogP contribution in [0.4, 0.5) is 11.4 Å². The highest BCUT2D eigenvalue weighted by Crippen LogP contribution is 2.27. The molecule has 0 radical (unpaired) electrons. The van der Waals surface area contributed by atoms with E-state index < -0.39 is 4.92 Å². The first kappa shape index (κ1) is 15.2. The second-order valence-corrected chi connectivity index (χ2v) is 4.91. The van der Waals surface area contributed by atoms with Gasteiger partial charge in [0.05, 0.1) is 11.5 Å². The van der Waals surface area contributed by atoms with Gasteiger partial charge in [0.2, 0.25) is 0 Å². The lowest BCUT2D eigenvalue weighted by molar-refractivity contribution is -0.384. The van der Waals surface area contributed by atoms with Gasteiger partial charge in [-0.25, -0.2) is 0 Å². The number of hydrogen-bond donors (Lipinski definition) is 2. The molecule has 1 aromatic carbocycles. The second kappa shape index (κ2) is 7.03. The minimum absolute atomic E-state index is 0.0627. The zero-order chi connectivity index (χ0) is 15.2. The van der Waals surface area contributed by atoms with Crippen molar-refractivity contribution in [3.05, 3.63) is 33.9 Å². The maximum Gasteiger partial charge on any atom is 0.293 e. The molecule has 1 aliphatic heterocycles. The average Bonchev–Trinajstić information content (AvgIpc) is 2.48. The Kier molecular flexibility index (Phi) is 5.10. The van der Waals surface area contributed by atoms with Gasteiger partial charge in [-0.15, -0.1) is 0 Å². The molecule has 1 unspecified atom stereocenters. The van der Waals surface area contributed by atoms with E-state index in [1.54, 1.807) is 19.1 Å². The lowest BCUT2D eigenvalue weighted by Crippen LogP contribution is -2.30. The van der Waals surface area contributed by atoms with Crippen LogP contribution in [-0.4, -0.2) is 36.6 Å². The molecular weight excluding hydrogens is 274 g/mol. The Bertz CT molecular complexity index is 527. The number of nitrogens with one attached hydrogen (secondary N) is 2. The number of hydrogen-bond acceptors (Lipinski definition) is 5. The highest BCUT2D eigenvalue weighted by Gasteiger charge is 2.21. The van der Waals surface area contributed by atoms with Crippen molar-refractivity contribution in [3.63, 3.8) is 0 Å². The Morgan fingerprint density at radius 3 is 2.95 bits per heavy atom. The molecule has 1 aromatic rings. The second-order valence-electron chi connectivity index (χ2n) is 4.91. The van der Waals surface area contributed by atoms with Crippen LogP contribution in [0.3, 0.4) is 0 Å². The largest absolute Gasteiger partial charge is 0.379 e. The summed E-state index contributed by atoms with van der Waals surface area (Å²) in [6, 6.07) is 4.53. The van der Waals surface area contributed by atoms with Crippen molar-refractivity contribution >= 4 is 17.3 Å². The zero-order valence-electron chi connectivity index (χ0n) is 11.9. The normalized spacial score (nSPS) is 18.0. The Morgan fingerprint density at radius 1 is 1.52 bits per heavy atom. The molecule has 114 valence electrons. The molecule has 2 N–H and O–H groups in total. The third kappa shape index (κ3) is 3.91. The molecule has 2 rings (SSSR count). The summed E-state index contributed by atoms with van der Waals surface area (Å²) in [6.07, 6.45) is 1.84.